The lowest BCUT2D eigenvalue weighted by Gasteiger charge is -2.19. The Kier molecular flexibility index (Phi) is 36.4. The minimum Gasteiger partial charge on any atom is -0.394 e. The van der Waals surface area contributed by atoms with Gasteiger partial charge in [0.05, 0.1) is 18.8 Å². The van der Waals surface area contributed by atoms with Crippen LogP contribution >= 0.6 is 0 Å². The van der Waals surface area contributed by atoms with Crippen molar-refractivity contribution < 1.29 is 15.0 Å². The second kappa shape index (κ2) is 37.8. The zero-order valence-electron chi connectivity index (χ0n) is 30.6. The number of carbonyl (C=O) groups excluding carboxylic acids is 1. The van der Waals surface area contributed by atoms with Crippen LogP contribution in [0.4, 0.5) is 0 Å². The number of amides is 1. The Morgan fingerprint density at radius 1 is 0.500 bits per heavy atom. The Bertz CT molecular complexity index is 741. The molecule has 3 N–H and O–H groups in total. The summed E-state index contributed by atoms with van der Waals surface area (Å²) in [6.45, 7) is 4.27. The van der Waals surface area contributed by atoms with Crippen molar-refractivity contribution in [1.82, 2.24) is 5.32 Å². The van der Waals surface area contributed by atoms with Gasteiger partial charge in [-0.2, -0.15) is 0 Å². The van der Waals surface area contributed by atoms with Crippen molar-refractivity contribution in [3.8, 4) is 0 Å². The molecule has 268 valence electrons. The molecule has 4 nitrogen and oxygen atoms in total. The van der Waals surface area contributed by atoms with Crippen LogP contribution in [0.3, 0.4) is 0 Å². The second-order valence-electron chi connectivity index (χ2n) is 13.3. The van der Waals surface area contributed by atoms with Crippen LogP contribution in [0.1, 0.15) is 194 Å². The van der Waals surface area contributed by atoms with Crippen LogP contribution in [-0.2, 0) is 4.79 Å². The number of aliphatic hydroxyl groups excluding tert-OH is 2. The zero-order chi connectivity index (χ0) is 33.6. The van der Waals surface area contributed by atoms with Crippen molar-refractivity contribution in [3.63, 3.8) is 0 Å². The SMILES string of the molecule is CCCCCCCC/C=C\CCCCCCCC(=O)NC(CO)C(O)/C=C/CC/C=C/CC/C=C/CCCCCCCCCCC. The second-order valence-corrected chi connectivity index (χ2v) is 13.3. The van der Waals surface area contributed by atoms with E-state index in [0.29, 0.717) is 6.42 Å². The monoisotopic (exact) mass is 644 g/mol. The summed E-state index contributed by atoms with van der Waals surface area (Å²) in [5.74, 6) is -0.0886. The Morgan fingerprint density at radius 2 is 0.848 bits per heavy atom. The molecule has 0 aliphatic carbocycles. The van der Waals surface area contributed by atoms with Crippen molar-refractivity contribution in [2.24, 2.45) is 0 Å². The molecule has 4 heteroatoms. The highest BCUT2D eigenvalue weighted by molar-refractivity contribution is 5.76. The van der Waals surface area contributed by atoms with Gasteiger partial charge in [-0.3, -0.25) is 4.79 Å². The van der Waals surface area contributed by atoms with E-state index in [0.717, 1.165) is 51.4 Å². The first-order valence-corrected chi connectivity index (χ1v) is 19.9. The summed E-state index contributed by atoms with van der Waals surface area (Å²) in [7, 11) is 0. The molecule has 0 radical (unpaired) electrons. The number of nitrogens with one attached hydrogen (secondary N) is 1. The average molecular weight is 644 g/mol. The molecule has 2 atom stereocenters. The molecule has 2 unspecified atom stereocenters. The van der Waals surface area contributed by atoms with E-state index >= 15 is 0 Å². The Labute approximate surface area is 286 Å². The Morgan fingerprint density at radius 3 is 1.26 bits per heavy atom. The quantitative estimate of drug-likeness (QED) is 0.0475. The first-order valence-electron chi connectivity index (χ1n) is 19.9. The van der Waals surface area contributed by atoms with Gasteiger partial charge < -0.3 is 15.5 Å². The Hall–Kier alpha value is -1.65. The maximum absolute atomic E-state index is 12.3. The van der Waals surface area contributed by atoms with Gasteiger partial charge in [-0.15, -0.1) is 0 Å². The fraction of sp³-hybridized carbons (Fsp3) is 0.786. The summed E-state index contributed by atoms with van der Waals surface area (Å²) in [5.41, 5.74) is 0. The summed E-state index contributed by atoms with van der Waals surface area (Å²) < 4.78 is 0. The summed E-state index contributed by atoms with van der Waals surface area (Å²) >= 11 is 0. The van der Waals surface area contributed by atoms with E-state index in [1.807, 2.05) is 6.08 Å². The zero-order valence-corrected chi connectivity index (χ0v) is 30.6. The molecule has 0 saturated heterocycles. The third-order valence-corrected chi connectivity index (χ3v) is 8.76. The molecule has 46 heavy (non-hydrogen) atoms. The topological polar surface area (TPSA) is 69.6 Å². The van der Waals surface area contributed by atoms with Crippen LogP contribution in [0.2, 0.25) is 0 Å². The molecule has 0 bridgehead atoms. The van der Waals surface area contributed by atoms with Crippen LogP contribution < -0.4 is 5.32 Å². The molecule has 0 spiro atoms. The lowest BCUT2D eigenvalue weighted by Crippen LogP contribution is -2.45. The highest BCUT2D eigenvalue weighted by atomic mass is 16.3. The van der Waals surface area contributed by atoms with E-state index in [-0.39, 0.29) is 12.5 Å². The molecular weight excluding hydrogens is 566 g/mol. The third kappa shape index (κ3) is 33.7. The van der Waals surface area contributed by atoms with Crippen LogP contribution in [0.25, 0.3) is 0 Å². The molecule has 0 aromatic carbocycles. The van der Waals surface area contributed by atoms with Crippen LogP contribution in [0.15, 0.2) is 48.6 Å². The van der Waals surface area contributed by atoms with Gasteiger partial charge in [0.2, 0.25) is 5.91 Å². The standard InChI is InChI=1S/C42H77NO3/c1-3-5-7-9-11-13-15-17-19-20-21-22-24-25-27-29-31-33-35-37-41(45)40(39-44)43-42(46)38-36-34-32-30-28-26-23-18-16-14-12-10-8-6-4-2/h18,21-23,27,29,35,37,40-41,44-45H,3-17,19-20,24-26,28,30-34,36,38-39H2,1-2H3,(H,43,46)/b22-21+,23-18-,29-27+,37-35+. The van der Waals surface area contributed by atoms with E-state index in [9.17, 15) is 15.0 Å². The van der Waals surface area contributed by atoms with Crippen molar-refractivity contribution in [3.05, 3.63) is 48.6 Å². The van der Waals surface area contributed by atoms with Gasteiger partial charge in [-0.25, -0.2) is 0 Å². The molecular formula is C42H77NO3. The van der Waals surface area contributed by atoms with E-state index in [1.54, 1.807) is 6.08 Å². The number of hydrogen-bond donors (Lipinski definition) is 3. The molecule has 0 aromatic heterocycles. The molecule has 0 aromatic rings. The molecule has 0 saturated carbocycles. The van der Waals surface area contributed by atoms with Crippen LogP contribution in [0.5, 0.6) is 0 Å². The largest absolute Gasteiger partial charge is 0.394 e. The van der Waals surface area contributed by atoms with Crippen molar-refractivity contribution >= 4 is 5.91 Å². The molecule has 0 heterocycles. The maximum atomic E-state index is 12.3. The van der Waals surface area contributed by atoms with Crippen molar-refractivity contribution in [1.29, 1.82) is 0 Å². The normalized spacial score (nSPS) is 13.6. The van der Waals surface area contributed by atoms with E-state index in [4.69, 9.17) is 0 Å². The predicted molar refractivity (Wildman–Crippen MR) is 202 cm³/mol. The van der Waals surface area contributed by atoms with Crippen LogP contribution in [0, 0.1) is 0 Å². The minimum absolute atomic E-state index is 0.0886. The summed E-state index contributed by atoms with van der Waals surface area (Å²) in [5, 5.41) is 22.9. The lowest BCUT2D eigenvalue weighted by molar-refractivity contribution is -0.123. The Balaban J connectivity index is 3.71. The first-order chi connectivity index (χ1) is 22.7. The number of carbonyl (C=O) groups is 1. The number of rotatable bonds is 35. The van der Waals surface area contributed by atoms with Gasteiger partial charge in [-0.05, 0) is 70.6 Å². The van der Waals surface area contributed by atoms with Crippen molar-refractivity contribution in [2.45, 2.75) is 206 Å². The van der Waals surface area contributed by atoms with Gasteiger partial charge in [0, 0.05) is 6.42 Å². The molecule has 0 aliphatic rings. The molecule has 0 fully saturated rings. The van der Waals surface area contributed by atoms with Crippen molar-refractivity contribution in [2.75, 3.05) is 6.61 Å². The van der Waals surface area contributed by atoms with Gasteiger partial charge in [-0.1, -0.05) is 165 Å². The minimum atomic E-state index is -0.872. The highest BCUT2D eigenvalue weighted by Gasteiger charge is 2.17. The van der Waals surface area contributed by atoms with Crippen LogP contribution in [-0.4, -0.2) is 34.9 Å². The fourth-order valence-corrected chi connectivity index (χ4v) is 5.67. The van der Waals surface area contributed by atoms with E-state index in [1.165, 1.54) is 122 Å². The average Bonchev–Trinajstić information content (AvgIpc) is 3.06. The van der Waals surface area contributed by atoms with Gasteiger partial charge >= 0.3 is 0 Å². The fourth-order valence-electron chi connectivity index (χ4n) is 5.67. The van der Waals surface area contributed by atoms with Gasteiger partial charge in [0.1, 0.15) is 0 Å². The lowest BCUT2D eigenvalue weighted by atomic mass is 10.1. The molecule has 0 rings (SSSR count). The number of unbranched alkanes of at least 4 members (excludes halogenated alkanes) is 22. The van der Waals surface area contributed by atoms with Gasteiger partial charge in [0.15, 0.2) is 0 Å². The van der Waals surface area contributed by atoms with E-state index < -0.39 is 12.1 Å². The molecule has 0 aliphatic heterocycles. The smallest absolute Gasteiger partial charge is 0.220 e. The summed E-state index contributed by atoms with van der Waals surface area (Å²) in [6, 6.07) is -0.648. The van der Waals surface area contributed by atoms with Gasteiger partial charge in [0.25, 0.3) is 0 Å². The molecule has 1 amide bonds. The van der Waals surface area contributed by atoms with E-state index in [2.05, 4.69) is 55.6 Å². The number of allylic oxidation sites excluding steroid dienone is 7. The first kappa shape index (κ1) is 44.4. The third-order valence-electron chi connectivity index (χ3n) is 8.76. The summed E-state index contributed by atoms with van der Waals surface area (Å²) in [6.07, 6.45) is 50.6. The number of hydrogen-bond acceptors (Lipinski definition) is 3. The summed E-state index contributed by atoms with van der Waals surface area (Å²) in [4.78, 5) is 12.3. The number of aliphatic hydroxyl groups is 2. The maximum Gasteiger partial charge on any atom is 0.220 e. The predicted octanol–water partition coefficient (Wildman–Crippen LogP) is 12.0. The highest BCUT2D eigenvalue weighted by Crippen LogP contribution is 2.12.